The molecule has 1 aliphatic heterocycles. The zero-order valence-corrected chi connectivity index (χ0v) is 19.0. The van der Waals surface area contributed by atoms with Crippen LogP contribution in [-0.2, 0) is 25.6 Å². The molecule has 0 saturated carbocycles. The molecule has 0 aromatic heterocycles. The average molecular weight is 462 g/mol. The molecule has 10 heteroatoms. The Balaban J connectivity index is 1.93. The molecule has 3 amide bonds. The summed E-state index contributed by atoms with van der Waals surface area (Å²) in [5.74, 6) is -2.47. The number of carbonyl (C=O) groups is 4. The van der Waals surface area contributed by atoms with Gasteiger partial charge in [-0.05, 0) is 57.6 Å². The smallest absolute Gasteiger partial charge is 0.326 e. The van der Waals surface area contributed by atoms with Gasteiger partial charge in [-0.3, -0.25) is 14.4 Å². The highest BCUT2D eigenvalue weighted by Crippen LogP contribution is 2.19. The fourth-order valence-corrected chi connectivity index (χ4v) is 3.91. The second kappa shape index (κ2) is 12.9. The molecule has 1 fully saturated rings. The van der Waals surface area contributed by atoms with Crippen LogP contribution >= 0.6 is 0 Å². The summed E-state index contributed by atoms with van der Waals surface area (Å²) in [7, 11) is 0. The van der Waals surface area contributed by atoms with Gasteiger partial charge in [0.15, 0.2) is 0 Å². The summed E-state index contributed by atoms with van der Waals surface area (Å²) in [4.78, 5) is 51.1. The first-order valence-electron chi connectivity index (χ1n) is 11.4. The Hall–Kier alpha value is -2.98. The van der Waals surface area contributed by atoms with Gasteiger partial charge >= 0.3 is 5.97 Å². The lowest BCUT2D eigenvalue weighted by atomic mass is 10.1. The van der Waals surface area contributed by atoms with E-state index in [2.05, 4.69) is 10.6 Å². The molecule has 4 atom stereocenters. The third kappa shape index (κ3) is 7.83. The second-order valence-corrected chi connectivity index (χ2v) is 8.40. The lowest BCUT2D eigenvalue weighted by Gasteiger charge is -2.28. The molecule has 7 N–H and O–H groups in total. The Bertz CT molecular complexity index is 819. The Kier molecular flexibility index (Phi) is 10.3. The van der Waals surface area contributed by atoms with E-state index in [1.807, 2.05) is 30.3 Å². The highest BCUT2D eigenvalue weighted by atomic mass is 16.4. The standard InChI is InChI=1S/C23H35N5O5/c1-15(26-20(29)17(25)14-16-8-3-2-4-9-16)22(31)28-13-7-11-19(28)21(30)27-18(23(32)33)10-5-6-12-24/h2-4,8-9,15,17-19H,5-7,10-14,24-25H2,1H3,(H,26,29)(H,27,30)(H,32,33). The van der Waals surface area contributed by atoms with E-state index >= 15 is 0 Å². The van der Waals surface area contributed by atoms with Crippen LogP contribution in [0.15, 0.2) is 30.3 Å². The highest BCUT2D eigenvalue weighted by Gasteiger charge is 2.37. The van der Waals surface area contributed by atoms with Gasteiger partial charge in [0.05, 0.1) is 6.04 Å². The fourth-order valence-electron chi connectivity index (χ4n) is 3.91. The predicted molar refractivity (Wildman–Crippen MR) is 123 cm³/mol. The Morgan fingerprint density at radius 1 is 1.15 bits per heavy atom. The van der Waals surface area contributed by atoms with Gasteiger partial charge < -0.3 is 32.1 Å². The third-order valence-corrected chi connectivity index (χ3v) is 5.76. The van der Waals surface area contributed by atoms with Gasteiger partial charge in [0.25, 0.3) is 0 Å². The molecule has 33 heavy (non-hydrogen) atoms. The molecular weight excluding hydrogens is 426 g/mol. The van der Waals surface area contributed by atoms with Crippen molar-refractivity contribution in [1.29, 1.82) is 0 Å². The molecule has 1 aliphatic rings. The Labute approximate surface area is 194 Å². The quantitative estimate of drug-likeness (QED) is 0.267. The van der Waals surface area contributed by atoms with Crippen molar-refractivity contribution in [2.24, 2.45) is 11.5 Å². The number of nitrogens with zero attached hydrogens (tertiary/aromatic N) is 1. The van der Waals surface area contributed by atoms with Crippen LogP contribution in [-0.4, -0.2) is 71.0 Å². The van der Waals surface area contributed by atoms with Crippen molar-refractivity contribution in [1.82, 2.24) is 15.5 Å². The number of benzene rings is 1. The maximum atomic E-state index is 13.0. The summed E-state index contributed by atoms with van der Waals surface area (Å²) in [6.07, 6.45) is 2.89. The molecule has 10 nitrogen and oxygen atoms in total. The van der Waals surface area contributed by atoms with E-state index in [-0.39, 0.29) is 6.42 Å². The minimum Gasteiger partial charge on any atom is -0.480 e. The van der Waals surface area contributed by atoms with Crippen molar-refractivity contribution in [2.45, 2.75) is 69.6 Å². The number of unbranched alkanes of at least 4 members (excludes halogenated alkanes) is 1. The summed E-state index contributed by atoms with van der Waals surface area (Å²) < 4.78 is 0. The van der Waals surface area contributed by atoms with Crippen LogP contribution in [0.4, 0.5) is 0 Å². The lowest BCUT2D eigenvalue weighted by Crippen LogP contribution is -2.56. The van der Waals surface area contributed by atoms with Crippen LogP contribution in [0.3, 0.4) is 0 Å². The monoisotopic (exact) mass is 461 g/mol. The number of amides is 3. The zero-order valence-electron chi connectivity index (χ0n) is 19.0. The largest absolute Gasteiger partial charge is 0.480 e. The van der Waals surface area contributed by atoms with Crippen LogP contribution in [0.5, 0.6) is 0 Å². The van der Waals surface area contributed by atoms with Gasteiger partial charge in [0, 0.05) is 6.54 Å². The Morgan fingerprint density at radius 2 is 1.85 bits per heavy atom. The third-order valence-electron chi connectivity index (χ3n) is 5.76. The lowest BCUT2D eigenvalue weighted by molar-refractivity contribution is -0.144. The van der Waals surface area contributed by atoms with Gasteiger partial charge in [0.2, 0.25) is 17.7 Å². The van der Waals surface area contributed by atoms with Crippen molar-refractivity contribution in [3.05, 3.63) is 35.9 Å². The summed E-state index contributed by atoms with van der Waals surface area (Å²) >= 11 is 0. The molecule has 0 bridgehead atoms. The number of nitrogens with one attached hydrogen (secondary N) is 2. The molecular formula is C23H35N5O5. The van der Waals surface area contributed by atoms with Crippen molar-refractivity contribution in [3.8, 4) is 0 Å². The van der Waals surface area contributed by atoms with Crippen LogP contribution in [0.25, 0.3) is 0 Å². The molecule has 1 heterocycles. The first kappa shape index (κ1) is 26.3. The van der Waals surface area contributed by atoms with Gasteiger partial charge in [-0.15, -0.1) is 0 Å². The topological polar surface area (TPSA) is 168 Å². The predicted octanol–water partition coefficient (Wildman–Crippen LogP) is -0.249. The van der Waals surface area contributed by atoms with Gasteiger partial charge in [0.1, 0.15) is 18.1 Å². The van der Waals surface area contributed by atoms with Crippen LogP contribution < -0.4 is 22.1 Å². The number of hydrogen-bond acceptors (Lipinski definition) is 6. The number of likely N-dealkylation sites (tertiary alicyclic amines) is 1. The first-order valence-corrected chi connectivity index (χ1v) is 11.4. The van der Waals surface area contributed by atoms with Crippen LogP contribution in [0, 0.1) is 0 Å². The Morgan fingerprint density at radius 3 is 2.48 bits per heavy atom. The van der Waals surface area contributed by atoms with Crippen LogP contribution in [0.1, 0.15) is 44.6 Å². The maximum absolute atomic E-state index is 13.0. The van der Waals surface area contributed by atoms with Crippen molar-refractivity contribution in [3.63, 3.8) is 0 Å². The zero-order chi connectivity index (χ0) is 24.4. The second-order valence-electron chi connectivity index (χ2n) is 8.40. The maximum Gasteiger partial charge on any atom is 0.326 e. The first-order chi connectivity index (χ1) is 15.7. The molecule has 182 valence electrons. The van der Waals surface area contributed by atoms with E-state index in [4.69, 9.17) is 11.5 Å². The average Bonchev–Trinajstić information content (AvgIpc) is 3.28. The van der Waals surface area contributed by atoms with E-state index < -0.39 is 47.9 Å². The number of carboxylic acids is 1. The molecule has 2 rings (SSSR count). The van der Waals surface area contributed by atoms with Crippen molar-refractivity contribution >= 4 is 23.7 Å². The molecule has 1 aromatic rings. The summed E-state index contributed by atoms with van der Waals surface area (Å²) in [6, 6.07) is 5.84. The molecule has 1 aromatic carbocycles. The number of hydrogen-bond donors (Lipinski definition) is 5. The van der Waals surface area contributed by atoms with Crippen LogP contribution in [0.2, 0.25) is 0 Å². The summed E-state index contributed by atoms with van der Waals surface area (Å²) in [5.41, 5.74) is 12.4. The summed E-state index contributed by atoms with van der Waals surface area (Å²) in [5, 5.41) is 14.6. The van der Waals surface area contributed by atoms with Gasteiger partial charge in [-0.1, -0.05) is 30.3 Å². The minimum absolute atomic E-state index is 0.269. The fraction of sp³-hybridized carbons (Fsp3) is 0.565. The highest BCUT2D eigenvalue weighted by molar-refractivity contribution is 5.94. The van der Waals surface area contributed by atoms with E-state index in [1.165, 1.54) is 4.90 Å². The number of carboxylic acid groups (broad SMARTS) is 1. The number of aliphatic carboxylic acids is 1. The number of nitrogens with two attached hydrogens (primary N) is 2. The van der Waals surface area contributed by atoms with Gasteiger partial charge in [-0.25, -0.2) is 4.79 Å². The van der Waals surface area contributed by atoms with Gasteiger partial charge in [-0.2, -0.15) is 0 Å². The minimum atomic E-state index is -1.12. The van der Waals surface area contributed by atoms with Crippen molar-refractivity contribution in [2.75, 3.05) is 13.1 Å². The molecule has 0 aliphatic carbocycles. The van der Waals surface area contributed by atoms with Crippen molar-refractivity contribution < 1.29 is 24.3 Å². The van der Waals surface area contributed by atoms with E-state index in [1.54, 1.807) is 6.92 Å². The molecule has 0 spiro atoms. The SMILES string of the molecule is CC(NC(=O)C(N)Cc1ccccc1)C(=O)N1CCCC1C(=O)NC(CCCCN)C(=O)O. The molecule has 1 saturated heterocycles. The van der Waals surface area contributed by atoms with E-state index in [9.17, 15) is 24.3 Å². The molecule has 0 radical (unpaired) electrons. The van der Waals surface area contributed by atoms with E-state index in [0.29, 0.717) is 45.2 Å². The van der Waals surface area contributed by atoms with E-state index in [0.717, 1.165) is 5.56 Å². The number of rotatable bonds is 12. The summed E-state index contributed by atoms with van der Waals surface area (Å²) in [6.45, 7) is 2.36. The number of carbonyl (C=O) groups excluding carboxylic acids is 3. The molecule has 4 unspecified atom stereocenters. The normalized spacial score (nSPS) is 18.3.